The maximum Gasteiger partial charge on any atom is 0.470 e. The number of hydrogen-bond donors (Lipinski definition) is 0. The van der Waals surface area contributed by atoms with E-state index in [4.69, 9.17) is 61.4 Å². The molecule has 0 fully saturated rings. The van der Waals surface area contributed by atoms with Crippen LogP contribution in [-0.2, 0) is 31.4 Å². The van der Waals surface area contributed by atoms with Gasteiger partial charge in [0.15, 0.2) is 7.38 Å². The zero-order valence-electron chi connectivity index (χ0n) is 37.2. The van der Waals surface area contributed by atoms with Crippen molar-refractivity contribution in [3.63, 3.8) is 0 Å². The number of ether oxygens (including phenoxy) is 2. The molecule has 0 amide bonds. The summed E-state index contributed by atoms with van der Waals surface area (Å²) >= 11 is 22.5. The normalized spacial score (nSPS) is 12.2. The molecule has 17 heteroatoms. The Labute approximate surface area is 389 Å². The predicted molar refractivity (Wildman–Crippen MR) is 273 cm³/mol. The van der Waals surface area contributed by atoms with E-state index in [2.05, 4.69) is 155 Å². The summed E-state index contributed by atoms with van der Waals surface area (Å²) in [6.45, 7) is 28.1. The highest BCUT2D eigenvalue weighted by atomic mass is 35.8. The van der Waals surface area contributed by atoms with Gasteiger partial charge in [0.05, 0.1) is 6.61 Å². The van der Waals surface area contributed by atoms with E-state index in [9.17, 15) is 9.59 Å². The van der Waals surface area contributed by atoms with Crippen molar-refractivity contribution in [2.45, 2.75) is 78.7 Å². The van der Waals surface area contributed by atoms with E-state index in [0.717, 1.165) is 0 Å². The first-order valence-electron chi connectivity index (χ1n) is 19.9. The molecule has 332 valence electrons. The first-order valence-corrected chi connectivity index (χ1v) is 39.8. The molecule has 61 heavy (non-hydrogen) atoms. The van der Waals surface area contributed by atoms with Crippen molar-refractivity contribution in [1.82, 2.24) is 0 Å². The number of hydrogen-bond acceptors (Lipinski definition) is 7. The Kier molecular flexibility index (Phi) is 22.1. The molecule has 0 aromatic heterocycles. The fraction of sp³-hybridized carbons (Fsp3) is 0.318. The van der Waals surface area contributed by atoms with Crippen molar-refractivity contribution >= 4 is 124 Å². The standard InChI is InChI=1S/C31H44O5Si4.C8H11ClSi.C5H7Cl3O2Si/c1-27(2)31(32)33-25-18-26-40(34-37(3,4)28-19-12-9-13-20-28,35-38(5,6)29-21-14-10-15-22-29)36-39(7,8)30-23-16-11-17-24-30;1-10(2,9)8-6-4-3-5-7-8;1-4(2)5(9)10-3-11(6,7)8/h9-17,19-24H,1,18,25-26H2,2-8H3;3-7H,1-2H3;1,3H2,2H3. The third-order valence-electron chi connectivity index (χ3n) is 9.02. The minimum Gasteiger partial charge on any atom is -0.462 e. The van der Waals surface area contributed by atoms with Crippen LogP contribution in [0.15, 0.2) is 146 Å². The molecule has 0 aliphatic carbocycles. The number of esters is 2. The maximum atomic E-state index is 12.1. The monoisotopic (exact) mass is 1010 g/mol. The Morgan fingerprint density at radius 1 is 0.492 bits per heavy atom. The van der Waals surface area contributed by atoms with E-state index in [1.165, 1.54) is 27.7 Å². The van der Waals surface area contributed by atoms with Crippen LogP contribution in [0.1, 0.15) is 20.3 Å². The highest BCUT2D eigenvalue weighted by Crippen LogP contribution is 2.30. The summed E-state index contributed by atoms with van der Waals surface area (Å²) in [5.74, 6) is -0.907. The lowest BCUT2D eigenvalue weighted by molar-refractivity contribution is -0.139. The molecule has 0 aliphatic rings. The Bertz CT molecular complexity index is 1850. The lowest BCUT2D eigenvalue weighted by atomic mass is 10.4. The van der Waals surface area contributed by atoms with Gasteiger partial charge in [-0.1, -0.05) is 148 Å². The second-order valence-electron chi connectivity index (χ2n) is 16.4. The van der Waals surface area contributed by atoms with Crippen molar-refractivity contribution in [3.8, 4) is 0 Å². The van der Waals surface area contributed by atoms with Gasteiger partial charge in [-0.3, -0.25) is 0 Å². The highest BCUT2D eigenvalue weighted by Gasteiger charge is 2.53. The Hall–Kier alpha value is -2.36. The summed E-state index contributed by atoms with van der Waals surface area (Å²) in [5.41, 5.74) is 0.688. The van der Waals surface area contributed by atoms with Crippen molar-refractivity contribution in [3.05, 3.63) is 146 Å². The van der Waals surface area contributed by atoms with Gasteiger partial charge in [0.25, 0.3) is 0 Å². The minimum atomic E-state index is -3.38. The van der Waals surface area contributed by atoms with Crippen LogP contribution in [0.5, 0.6) is 0 Å². The van der Waals surface area contributed by atoms with Crippen LogP contribution in [-0.4, -0.2) is 71.9 Å². The van der Waals surface area contributed by atoms with Gasteiger partial charge in [0.2, 0.25) is 25.0 Å². The van der Waals surface area contributed by atoms with Crippen LogP contribution in [0.4, 0.5) is 0 Å². The maximum absolute atomic E-state index is 12.1. The highest BCUT2D eigenvalue weighted by molar-refractivity contribution is 7.64. The number of rotatable bonds is 18. The van der Waals surface area contributed by atoms with Gasteiger partial charge in [-0.2, -0.15) is 11.1 Å². The molecule has 0 heterocycles. The summed E-state index contributed by atoms with van der Waals surface area (Å²) in [4.78, 5) is 22.8. The van der Waals surface area contributed by atoms with Gasteiger partial charge in [0, 0.05) is 17.2 Å². The molecule has 0 unspecified atom stereocenters. The fourth-order valence-electron chi connectivity index (χ4n) is 5.76. The number of halogens is 4. The van der Waals surface area contributed by atoms with Crippen LogP contribution in [0.3, 0.4) is 0 Å². The van der Waals surface area contributed by atoms with Crippen LogP contribution >= 0.6 is 44.3 Å². The molecule has 4 aromatic rings. The van der Waals surface area contributed by atoms with E-state index in [0.29, 0.717) is 23.6 Å². The predicted octanol–water partition coefficient (Wildman–Crippen LogP) is 10.5. The molecule has 0 N–H and O–H groups in total. The van der Waals surface area contributed by atoms with Gasteiger partial charge < -0.3 is 21.8 Å². The lowest BCUT2D eigenvalue weighted by Gasteiger charge is -2.45. The topological polar surface area (TPSA) is 80.3 Å². The average Bonchev–Trinajstić information content (AvgIpc) is 3.19. The Morgan fingerprint density at radius 2 is 0.787 bits per heavy atom. The fourth-order valence-corrected chi connectivity index (χ4v) is 25.1. The second-order valence-corrected chi connectivity index (χ2v) is 47.0. The smallest absolute Gasteiger partial charge is 0.462 e. The largest absolute Gasteiger partial charge is 0.470 e. The zero-order chi connectivity index (χ0) is 46.1. The van der Waals surface area contributed by atoms with Crippen molar-refractivity contribution in [2.75, 3.05) is 12.8 Å². The number of benzene rings is 4. The minimum absolute atomic E-state index is 0.122. The van der Waals surface area contributed by atoms with Crippen molar-refractivity contribution in [1.29, 1.82) is 0 Å². The third-order valence-corrected chi connectivity index (χ3v) is 28.8. The Balaban J connectivity index is 0.000000495. The zero-order valence-corrected chi connectivity index (χ0v) is 46.2. The van der Waals surface area contributed by atoms with Crippen LogP contribution in [0, 0.1) is 0 Å². The summed E-state index contributed by atoms with van der Waals surface area (Å²) in [6, 6.07) is 39.2. The quantitative estimate of drug-likeness (QED) is 0.0323. The van der Waals surface area contributed by atoms with E-state index in [1.807, 2.05) is 36.4 Å². The van der Waals surface area contributed by atoms with E-state index in [1.54, 1.807) is 6.92 Å². The van der Waals surface area contributed by atoms with Crippen molar-refractivity contribution < 1.29 is 31.4 Å². The molecular formula is C44H62Cl4O7Si6. The van der Waals surface area contributed by atoms with Crippen LogP contribution < -0.4 is 20.7 Å². The molecule has 4 rings (SSSR count). The van der Waals surface area contributed by atoms with Crippen molar-refractivity contribution in [2.24, 2.45) is 0 Å². The number of carbonyl (C=O) groups is 2. The summed E-state index contributed by atoms with van der Waals surface area (Å²) < 4.78 is 32.1. The van der Waals surface area contributed by atoms with Gasteiger partial charge in [-0.05, 0) is 80.3 Å². The third kappa shape index (κ3) is 20.4. The molecule has 0 spiro atoms. The molecule has 7 nitrogen and oxygen atoms in total. The molecule has 0 atom stereocenters. The summed E-state index contributed by atoms with van der Waals surface area (Å²) in [6.07, 6.45) is 0.451. The molecule has 0 saturated heterocycles. The number of carbonyl (C=O) groups excluding carboxylic acids is 2. The molecule has 0 radical (unpaired) electrons. The molecular weight excluding hydrogens is 951 g/mol. The van der Waals surface area contributed by atoms with E-state index >= 15 is 0 Å². The molecule has 0 bridgehead atoms. The van der Waals surface area contributed by atoms with Gasteiger partial charge in [-0.15, -0.1) is 33.2 Å². The average molecular weight is 1010 g/mol. The summed E-state index contributed by atoms with van der Waals surface area (Å²) in [5, 5.41) is 4.86. The molecule has 0 saturated carbocycles. The van der Waals surface area contributed by atoms with E-state index < -0.39 is 53.1 Å². The van der Waals surface area contributed by atoms with Crippen LogP contribution in [0.2, 0.25) is 58.4 Å². The molecule has 0 aliphatic heterocycles. The first kappa shape index (κ1) is 54.8. The lowest BCUT2D eigenvalue weighted by Crippen LogP contribution is -2.67. The van der Waals surface area contributed by atoms with Gasteiger partial charge in [-0.25, -0.2) is 9.59 Å². The molecule has 4 aromatic carbocycles. The van der Waals surface area contributed by atoms with Crippen LogP contribution in [0.25, 0.3) is 0 Å². The van der Waals surface area contributed by atoms with Gasteiger partial charge >= 0.3 is 26.7 Å². The van der Waals surface area contributed by atoms with E-state index in [-0.39, 0.29) is 18.8 Å². The first-order chi connectivity index (χ1) is 28.2. The Morgan fingerprint density at radius 3 is 1.05 bits per heavy atom. The summed E-state index contributed by atoms with van der Waals surface area (Å²) in [7, 11) is -12.4. The second kappa shape index (κ2) is 24.6. The van der Waals surface area contributed by atoms with Gasteiger partial charge in [0.1, 0.15) is 6.23 Å². The SMILES string of the molecule is C=C(C)C(=O)OCCC[Si](O[Si](C)(C)c1ccccc1)(O[Si](C)(C)c1ccccc1)O[Si](C)(C)c1ccccc1.C=C(C)C(=O)OC[Si](Cl)(Cl)Cl.C[Si](C)(Cl)c1ccccc1.